The highest BCUT2D eigenvalue weighted by Gasteiger charge is 2.27. The summed E-state index contributed by atoms with van der Waals surface area (Å²) in [7, 11) is 2.46. The summed E-state index contributed by atoms with van der Waals surface area (Å²) in [6.07, 6.45) is 7.11. The first kappa shape index (κ1) is 20.0. The van der Waals surface area contributed by atoms with Crippen molar-refractivity contribution >= 4 is 23.6 Å². The SMILES string of the molecule is CCCOC(=O)c1ccc(N2C=CC=CC(C(=O)OC)=C2C(=O)OC)cc1. The second-order valence-electron chi connectivity index (χ2n) is 5.50. The molecule has 1 aliphatic heterocycles. The Hall–Kier alpha value is -3.35. The first-order valence-corrected chi connectivity index (χ1v) is 8.35. The fraction of sp³-hybridized carbons (Fsp3) is 0.250. The molecule has 7 heteroatoms. The van der Waals surface area contributed by atoms with Gasteiger partial charge in [0.15, 0.2) is 0 Å². The molecule has 2 rings (SSSR count). The van der Waals surface area contributed by atoms with Crippen LogP contribution in [0.4, 0.5) is 5.69 Å². The lowest BCUT2D eigenvalue weighted by atomic mass is 10.1. The Morgan fingerprint density at radius 3 is 2.19 bits per heavy atom. The first-order chi connectivity index (χ1) is 13.0. The second-order valence-corrected chi connectivity index (χ2v) is 5.50. The van der Waals surface area contributed by atoms with Gasteiger partial charge in [-0.05, 0) is 42.8 Å². The fourth-order valence-electron chi connectivity index (χ4n) is 2.40. The topological polar surface area (TPSA) is 82.1 Å². The van der Waals surface area contributed by atoms with Crippen LogP contribution in [0, 0.1) is 0 Å². The minimum Gasteiger partial charge on any atom is -0.465 e. The van der Waals surface area contributed by atoms with Gasteiger partial charge in [-0.25, -0.2) is 14.4 Å². The smallest absolute Gasteiger partial charge is 0.355 e. The van der Waals surface area contributed by atoms with E-state index in [0.29, 0.717) is 17.9 Å². The molecule has 0 unspecified atom stereocenters. The van der Waals surface area contributed by atoms with Crippen LogP contribution in [0.5, 0.6) is 0 Å². The van der Waals surface area contributed by atoms with E-state index in [1.54, 1.807) is 42.6 Å². The van der Waals surface area contributed by atoms with Crippen LogP contribution >= 0.6 is 0 Å². The number of ether oxygens (including phenoxy) is 3. The third-order valence-corrected chi connectivity index (χ3v) is 3.71. The average molecular weight is 371 g/mol. The first-order valence-electron chi connectivity index (χ1n) is 8.35. The van der Waals surface area contributed by atoms with Crippen molar-refractivity contribution in [1.29, 1.82) is 0 Å². The zero-order chi connectivity index (χ0) is 19.8. The number of hydrogen-bond donors (Lipinski definition) is 0. The molecule has 0 fully saturated rings. The van der Waals surface area contributed by atoms with Gasteiger partial charge in [0.05, 0.1) is 32.0 Å². The number of allylic oxidation sites excluding steroid dienone is 2. The number of esters is 3. The summed E-state index contributed by atoms with van der Waals surface area (Å²) < 4.78 is 14.7. The summed E-state index contributed by atoms with van der Waals surface area (Å²) in [6, 6.07) is 6.48. The molecular formula is C20H21NO6. The van der Waals surface area contributed by atoms with Crippen molar-refractivity contribution in [2.45, 2.75) is 13.3 Å². The molecule has 0 saturated heterocycles. The molecule has 0 bridgehead atoms. The third kappa shape index (κ3) is 4.63. The van der Waals surface area contributed by atoms with E-state index in [2.05, 4.69) is 0 Å². The molecule has 1 heterocycles. The normalized spacial score (nSPS) is 13.2. The number of carbonyl (C=O) groups is 3. The van der Waals surface area contributed by atoms with Crippen LogP contribution in [0.2, 0.25) is 0 Å². The number of rotatable bonds is 6. The summed E-state index contributed by atoms with van der Waals surface area (Å²) in [6.45, 7) is 2.26. The van der Waals surface area contributed by atoms with Crippen LogP contribution in [-0.4, -0.2) is 38.7 Å². The highest BCUT2D eigenvalue weighted by Crippen LogP contribution is 2.26. The molecule has 0 radical (unpaired) electrons. The Balaban J connectivity index is 2.43. The Morgan fingerprint density at radius 1 is 0.926 bits per heavy atom. The molecular weight excluding hydrogens is 350 g/mol. The molecule has 7 nitrogen and oxygen atoms in total. The molecule has 1 aromatic rings. The zero-order valence-electron chi connectivity index (χ0n) is 15.4. The lowest BCUT2D eigenvalue weighted by molar-refractivity contribution is -0.139. The van der Waals surface area contributed by atoms with E-state index >= 15 is 0 Å². The van der Waals surface area contributed by atoms with E-state index in [9.17, 15) is 14.4 Å². The van der Waals surface area contributed by atoms with Crippen molar-refractivity contribution in [1.82, 2.24) is 0 Å². The molecule has 0 spiro atoms. The molecule has 0 aliphatic carbocycles. The van der Waals surface area contributed by atoms with Gasteiger partial charge in [0, 0.05) is 11.9 Å². The van der Waals surface area contributed by atoms with Crippen molar-refractivity contribution in [3.05, 3.63) is 65.5 Å². The van der Waals surface area contributed by atoms with E-state index < -0.39 is 17.9 Å². The number of methoxy groups -OCH3 is 2. The van der Waals surface area contributed by atoms with E-state index in [0.717, 1.165) is 6.42 Å². The number of hydrogen-bond acceptors (Lipinski definition) is 7. The maximum Gasteiger partial charge on any atom is 0.355 e. The molecule has 0 aromatic heterocycles. The summed E-state index contributed by atoms with van der Waals surface area (Å²) in [5.41, 5.74) is 1.01. The van der Waals surface area contributed by atoms with Gasteiger partial charge in [-0.15, -0.1) is 0 Å². The highest BCUT2D eigenvalue weighted by atomic mass is 16.5. The summed E-state index contributed by atoms with van der Waals surface area (Å²) >= 11 is 0. The van der Waals surface area contributed by atoms with Gasteiger partial charge >= 0.3 is 17.9 Å². The van der Waals surface area contributed by atoms with Crippen LogP contribution in [0.3, 0.4) is 0 Å². The van der Waals surface area contributed by atoms with Gasteiger partial charge in [0.1, 0.15) is 5.70 Å². The van der Waals surface area contributed by atoms with Crippen molar-refractivity contribution < 1.29 is 28.6 Å². The second kappa shape index (κ2) is 9.38. The monoisotopic (exact) mass is 371 g/mol. The van der Waals surface area contributed by atoms with Crippen molar-refractivity contribution in [3.63, 3.8) is 0 Å². The van der Waals surface area contributed by atoms with Gasteiger partial charge in [-0.3, -0.25) is 0 Å². The van der Waals surface area contributed by atoms with E-state index in [4.69, 9.17) is 14.2 Å². The quantitative estimate of drug-likeness (QED) is 0.562. The van der Waals surface area contributed by atoms with Crippen molar-refractivity contribution in [2.24, 2.45) is 0 Å². The average Bonchev–Trinajstić information content (AvgIpc) is 2.93. The maximum absolute atomic E-state index is 12.4. The van der Waals surface area contributed by atoms with E-state index in [1.807, 2.05) is 6.92 Å². The highest BCUT2D eigenvalue weighted by molar-refractivity contribution is 6.05. The number of anilines is 1. The summed E-state index contributed by atoms with van der Waals surface area (Å²) in [5.74, 6) is -1.78. The molecule has 1 aliphatic rings. The molecule has 142 valence electrons. The van der Waals surface area contributed by atoms with Crippen LogP contribution in [0.25, 0.3) is 0 Å². The number of carbonyl (C=O) groups excluding carboxylic acids is 3. The molecule has 27 heavy (non-hydrogen) atoms. The Kier molecular flexibility index (Phi) is 6.93. The van der Waals surface area contributed by atoms with Crippen LogP contribution in [0.15, 0.2) is 60.0 Å². The zero-order valence-corrected chi connectivity index (χ0v) is 15.4. The van der Waals surface area contributed by atoms with Crippen molar-refractivity contribution in [2.75, 3.05) is 25.7 Å². The Morgan fingerprint density at radius 2 is 1.59 bits per heavy atom. The molecule has 0 amide bonds. The van der Waals surface area contributed by atoms with Gasteiger partial charge < -0.3 is 19.1 Å². The largest absolute Gasteiger partial charge is 0.465 e. The lowest BCUT2D eigenvalue weighted by Crippen LogP contribution is -2.27. The standard InChI is InChI=1S/C20H21NO6/c1-4-13-27-18(22)14-8-10-15(11-9-14)21-12-6-5-7-16(19(23)25-2)17(21)20(24)26-3/h5-12H,4,13H2,1-3H3. The molecule has 0 saturated carbocycles. The van der Waals surface area contributed by atoms with E-state index in [1.165, 1.54) is 25.2 Å². The van der Waals surface area contributed by atoms with Crippen LogP contribution < -0.4 is 4.90 Å². The predicted molar refractivity (Wildman–Crippen MR) is 98.8 cm³/mol. The predicted octanol–water partition coefficient (Wildman–Crippen LogP) is 2.74. The van der Waals surface area contributed by atoms with Gasteiger partial charge in [0.2, 0.25) is 0 Å². The third-order valence-electron chi connectivity index (χ3n) is 3.71. The minimum absolute atomic E-state index is 0.00987. The summed E-state index contributed by atoms with van der Waals surface area (Å²) in [5, 5.41) is 0. The number of nitrogens with zero attached hydrogens (tertiary/aromatic N) is 1. The van der Waals surface area contributed by atoms with Gasteiger partial charge in [-0.1, -0.05) is 13.0 Å². The maximum atomic E-state index is 12.4. The molecule has 1 aromatic carbocycles. The van der Waals surface area contributed by atoms with Gasteiger partial charge in [-0.2, -0.15) is 0 Å². The van der Waals surface area contributed by atoms with E-state index in [-0.39, 0.29) is 11.3 Å². The molecule has 0 atom stereocenters. The fourth-order valence-corrected chi connectivity index (χ4v) is 2.40. The van der Waals surface area contributed by atoms with Gasteiger partial charge in [0.25, 0.3) is 0 Å². The summed E-state index contributed by atoms with van der Waals surface area (Å²) in [4.78, 5) is 37.9. The van der Waals surface area contributed by atoms with Crippen molar-refractivity contribution in [3.8, 4) is 0 Å². The minimum atomic E-state index is -0.696. The number of benzene rings is 1. The molecule has 0 N–H and O–H groups in total. The Bertz CT molecular complexity index is 804. The van der Waals surface area contributed by atoms with Crippen LogP contribution in [0.1, 0.15) is 23.7 Å². The lowest BCUT2D eigenvalue weighted by Gasteiger charge is -2.23. The Labute approximate surface area is 157 Å². The van der Waals surface area contributed by atoms with Crippen LogP contribution in [-0.2, 0) is 23.8 Å².